The highest BCUT2D eigenvalue weighted by atomic mass is 16.4. The van der Waals surface area contributed by atoms with Crippen LogP contribution in [-0.4, -0.2) is 24.2 Å². The Hall–Kier alpha value is -1.51. The molecular formula is C14H19NO2. The van der Waals surface area contributed by atoms with E-state index in [0.717, 1.165) is 11.3 Å². The molecule has 3 nitrogen and oxygen atoms in total. The highest BCUT2D eigenvalue weighted by Gasteiger charge is 2.24. The average molecular weight is 233 g/mol. The molecule has 0 amide bonds. The number of carboxylic acid groups (broad SMARTS) is 1. The van der Waals surface area contributed by atoms with Crippen LogP contribution in [0, 0.1) is 6.92 Å². The molecule has 1 aliphatic rings. The summed E-state index contributed by atoms with van der Waals surface area (Å²) in [5.74, 6) is -0.839. The van der Waals surface area contributed by atoms with Crippen LogP contribution in [0.25, 0.3) is 0 Å². The Labute approximate surface area is 102 Å². The second-order valence-corrected chi connectivity index (χ2v) is 4.83. The van der Waals surface area contributed by atoms with Gasteiger partial charge in [0.05, 0.1) is 11.3 Å². The largest absolute Gasteiger partial charge is 0.478 e. The Bertz CT molecular complexity index is 422. The molecule has 2 rings (SSSR count). The summed E-state index contributed by atoms with van der Waals surface area (Å²) < 4.78 is 0. The van der Waals surface area contributed by atoms with Gasteiger partial charge in [0.15, 0.2) is 0 Å². The average Bonchev–Trinajstić information content (AvgIpc) is 2.81. The van der Waals surface area contributed by atoms with Gasteiger partial charge >= 0.3 is 5.97 Å². The van der Waals surface area contributed by atoms with Crippen LogP contribution >= 0.6 is 0 Å². The molecule has 17 heavy (non-hydrogen) atoms. The van der Waals surface area contributed by atoms with E-state index in [4.69, 9.17) is 0 Å². The molecule has 0 heterocycles. The van der Waals surface area contributed by atoms with Gasteiger partial charge in [0.2, 0.25) is 0 Å². The van der Waals surface area contributed by atoms with Gasteiger partial charge in [-0.1, -0.05) is 25.0 Å². The lowest BCUT2D eigenvalue weighted by atomic mass is 10.0. The maximum atomic E-state index is 11.3. The van der Waals surface area contributed by atoms with Crippen molar-refractivity contribution >= 4 is 11.7 Å². The molecule has 0 unspecified atom stereocenters. The predicted octanol–water partition coefficient (Wildman–Crippen LogP) is 3.07. The molecule has 0 spiro atoms. The smallest absolute Gasteiger partial charge is 0.337 e. The minimum absolute atomic E-state index is 0.416. The Morgan fingerprint density at radius 1 is 1.35 bits per heavy atom. The normalized spacial score (nSPS) is 16.1. The molecule has 0 radical (unpaired) electrons. The van der Waals surface area contributed by atoms with E-state index in [1.807, 2.05) is 26.1 Å². The number of benzene rings is 1. The Balaban J connectivity index is 2.38. The fourth-order valence-corrected chi connectivity index (χ4v) is 2.77. The number of carboxylic acids is 1. The van der Waals surface area contributed by atoms with E-state index in [0.29, 0.717) is 11.6 Å². The minimum atomic E-state index is -0.839. The molecule has 1 aliphatic carbocycles. The van der Waals surface area contributed by atoms with Crippen LogP contribution in [0.4, 0.5) is 5.69 Å². The van der Waals surface area contributed by atoms with Crippen molar-refractivity contribution in [3.8, 4) is 0 Å². The van der Waals surface area contributed by atoms with E-state index >= 15 is 0 Å². The fourth-order valence-electron chi connectivity index (χ4n) is 2.77. The summed E-state index contributed by atoms with van der Waals surface area (Å²) in [5.41, 5.74) is 2.34. The number of aryl methyl sites for hydroxylation is 1. The van der Waals surface area contributed by atoms with Crippen molar-refractivity contribution in [2.75, 3.05) is 11.9 Å². The predicted molar refractivity (Wildman–Crippen MR) is 68.8 cm³/mol. The molecule has 92 valence electrons. The first-order chi connectivity index (χ1) is 8.11. The van der Waals surface area contributed by atoms with Gasteiger partial charge in [0, 0.05) is 13.1 Å². The van der Waals surface area contributed by atoms with Crippen molar-refractivity contribution < 1.29 is 9.90 Å². The molecule has 1 fully saturated rings. The van der Waals surface area contributed by atoms with Gasteiger partial charge in [-0.2, -0.15) is 0 Å². The van der Waals surface area contributed by atoms with Crippen molar-refractivity contribution in [2.24, 2.45) is 0 Å². The van der Waals surface area contributed by atoms with Gasteiger partial charge in [-0.05, 0) is 31.4 Å². The zero-order valence-corrected chi connectivity index (χ0v) is 10.4. The van der Waals surface area contributed by atoms with E-state index in [2.05, 4.69) is 4.90 Å². The number of hydrogen-bond acceptors (Lipinski definition) is 2. The van der Waals surface area contributed by atoms with Crippen LogP contribution in [0.5, 0.6) is 0 Å². The van der Waals surface area contributed by atoms with E-state index in [9.17, 15) is 9.90 Å². The number of hydrogen-bond donors (Lipinski definition) is 1. The van der Waals surface area contributed by atoms with Crippen molar-refractivity contribution in [3.63, 3.8) is 0 Å². The summed E-state index contributed by atoms with van der Waals surface area (Å²) >= 11 is 0. The molecule has 0 aliphatic heterocycles. The SMILES string of the molecule is Cc1cccc(C(=O)O)c1N(C)C1CCCC1. The first-order valence-corrected chi connectivity index (χ1v) is 6.17. The molecule has 3 heteroatoms. The summed E-state index contributed by atoms with van der Waals surface area (Å²) in [4.78, 5) is 13.4. The lowest BCUT2D eigenvalue weighted by Gasteiger charge is -2.29. The van der Waals surface area contributed by atoms with Crippen molar-refractivity contribution in [2.45, 2.75) is 38.6 Å². The standard InChI is InChI=1S/C14H19NO2/c1-10-6-5-9-12(14(16)17)13(10)15(2)11-7-3-4-8-11/h5-6,9,11H,3-4,7-8H2,1-2H3,(H,16,17). The molecule has 0 saturated heterocycles. The van der Waals surface area contributed by atoms with Crippen LogP contribution < -0.4 is 4.90 Å². The molecule has 1 N–H and O–H groups in total. The Kier molecular flexibility index (Phi) is 3.36. The third-order valence-electron chi connectivity index (χ3n) is 3.69. The van der Waals surface area contributed by atoms with Gasteiger partial charge in [0.1, 0.15) is 0 Å². The van der Waals surface area contributed by atoms with E-state index in [-0.39, 0.29) is 0 Å². The van der Waals surface area contributed by atoms with E-state index in [1.165, 1.54) is 25.7 Å². The van der Waals surface area contributed by atoms with Gasteiger partial charge in [-0.3, -0.25) is 0 Å². The molecule has 0 bridgehead atoms. The van der Waals surface area contributed by atoms with Gasteiger partial charge in [-0.15, -0.1) is 0 Å². The van der Waals surface area contributed by atoms with E-state index in [1.54, 1.807) is 6.07 Å². The lowest BCUT2D eigenvalue weighted by Crippen LogP contribution is -2.30. The molecule has 0 aromatic heterocycles. The summed E-state index contributed by atoms with van der Waals surface area (Å²) in [6.07, 6.45) is 4.85. The first kappa shape index (κ1) is 12.0. The van der Waals surface area contributed by atoms with Crippen molar-refractivity contribution in [1.82, 2.24) is 0 Å². The summed E-state index contributed by atoms with van der Waals surface area (Å²) in [6.45, 7) is 1.98. The van der Waals surface area contributed by atoms with Crippen LogP contribution in [0.1, 0.15) is 41.6 Å². The Morgan fingerprint density at radius 2 is 2.00 bits per heavy atom. The molecular weight excluding hydrogens is 214 g/mol. The first-order valence-electron chi connectivity index (χ1n) is 6.17. The number of carbonyl (C=O) groups is 1. The third-order valence-corrected chi connectivity index (χ3v) is 3.69. The summed E-state index contributed by atoms with van der Waals surface area (Å²) in [6, 6.07) is 5.97. The quantitative estimate of drug-likeness (QED) is 0.872. The summed E-state index contributed by atoms with van der Waals surface area (Å²) in [5, 5.41) is 9.26. The van der Waals surface area contributed by atoms with Crippen LogP contribution in [-0.2, 0) is 0 Å². The summed E-state index contributed by atoms with van der Waals surface area (Å²) in [7, 11) is 2.02. The minimum Gasteiger partial charge on any atom is -0.478 e. The van der Waals surface area contributed by atoms with Crippen molar-refractivity contribution in [1.29, 1.82) is 0 Å². The number of anilines is 1. The van der Waals surface area contributed by atoms with Crippen molar-refractivity contribution in [3.05, 3.63) is 29.3 Å². The topological polar surface area (TPSA) is 40.5 Å². The Morgan fingerprint density at radius 3 is 2.59 bits per heavy atom. The number of para-hydroxylation sites is 1. The fraction of sp³-hybridized carbons (Fsp3) is 0.500. The lowest BCUT2D eigenvalue weighted by molar-refractivity contribution is 0.0697. The van der Waals surface area contributed by atoms with Gasteiger partial charge in [0.25, 0.3) is 0 Å². The van der Waals surface area contributed by atoms with Crippen LogP contribution in [0.3, 0.4) is 0 Å². The highest BCUT2D eigenvalue weighted by Crippen LogP contribution is 2.31. The molecule has 1 aromatic rings. The number of rotatable bonds is 3. The monoisotopic (exact) mass is 233 g/mol. The third kappa shape index (κ3) is 2.28. The number of nitrogens with zero attached hydrogens (tertiary/aromatic N) is 1. The maximum Gasteiger partial charge on any atom is 0.337 e. The highest BCUT2D eigenvalue weighted by molar-refractivity contribution is 5.95. The zero-order valence-electron chi connectivity index (χ0n) is 10.4. The molecule has 1 saturated carbocycles. The zero-order chi connectivity index (χ0) is 12.4. The second-order valence-electron chi connectivity index (χ2n) is 4.83. The van der Waals surface area contributed by atoms with Gasteiger partial charge < -0.3 is 10.0 Å². The van der Waals surface area contributed by atoms with Gasteiger partial charge in [-0.25, -0.2) is 4.79 Å². The number of aromatic carboxylic acids is 1. The second kappa shape index (κ2) is 4.78. The van der Waals surface area contributed by atoms with Crippen LogP contribution in [0.2, 0.25) is 0 Å². The maximum absolute atomic E-state index is 11.3. The van der Waals surface area contributed by atoms with E-state index < -0.39 is 5.97 Å². The molecule has 1 aromatic carbocycles. The van der Waals surface area contributed by atoms with Crippen LogP contribution in [0.15, 0.2) is 18.2 Å². The molecule has 0 atom stereocenters.